The maximum absolute atomic E-state index is 12.6. The molecule has 1 aromatic rings. The van der Waals surface area contributed by atoms with Gasteiger partial charge in [-0.25, -0.2) is 0 Å². The van der Waals surface area contributed by atoms with Gasteiger partial charge in [-0.3, -0.25) is 14.9 Å². The molecule has 0 aromatic heterocycles. The molecule has 1 aliphatic carbocycles. The van der Waals surface area contributed by atoms with Gasteiger partial charge in [-0.2, -0.15) is 0 Å². The summed E-state index contributed by atoms with van der Waals surface area (Å²) in [5.74, 6) is 0.945. The fourth-order valence-corrected chi connectivity index (χ4v) is 2.89. The van der Waals surface area contributed by atoms with Crippen LogP contribution in [0.2, 0.25) is 0 Å². The number of nitro benzene ring substituents is 1. The van der Waals surface area contributed by atoms with Crippen LogP contribution in [0.3, 0.4) is 0 Å². The Morgan fingerprint density at radius 3 is 2.38 bits per heavy atom. The standard InChI is InChI=1S/C17H21NO3/c1-11(2)15-9-4-12(3)16(17(15)19)10-13-5-7-14(8-6-13)18(20)21/h5-8,10-12,15H,4,9H2,1-3H3/b16-10+/t12-,15-/m1/s1. The first-order valence-electron chi connectivity index (χ1n) is 7.40. The maximum atomic E-state index is 12.6. The summed E-state index contributed by atoms with van der Waals surface area (Å²) >= 11 is 0. The first kappa shape index (κ1) is 15.4. The Bertz CT molecular complexity index is 572. The highest BCUT2D eigenvalue weighted by Crippen LogP contribution is 2.35. The minimum Gasteiger partial charge on any atom is -0.294 e. The number of hydrogen-bond acceptors (Lipinski definition) is 3. The summed E-state index contributed by atoms with van der Waals surface area (Å²) in [6.45, 7) is 6.25. The lowest BCUT2D eigenvalue weighted by atomic mass is 9.73. The molecule has 0 unspecified atom stereocenters. The fraction of sp³-hybridized carbons (Fsp3) is 0.471. The first-order chi connectivity index (χ1) is 9.90. The molecule has 112 valence electrons. The summed E-state index contributed by atoms with van der Waals surface area (Å²) in [6.07, 6.45) is 3.87. The Morgan fingerprint density at radius 2 is 1.86 bits per heavy atom. The van der Waals surface area contributed by atoms with Crippen molar-refractivity contribution >= 4 is 17.5 Å². The van der Waals surface area contributed by atoms with E-state index in [0.717, 1.165) is 24.0 Å². The second-order valence-electron chi connectivity index (χ2n) is 6.14. The van der Waals surface area contributed by atoms with E-state index >= 15 is 0 Å². The van der Waals surface area contributed by atoms with E-state index in [1.807, 2.05) is 6.08 Å². The van der Waals surface area contributed by atoms with E-state index in [0.29, 0.717) is 5.92 Å². The van der Waals surface area contributed by atoms with Crippen LogP contribution in [0.4, 0.5) is 5.69 Å². The Hall–Kier alpha value is -1.97. The molecule has 0 spiro atoms. The van der Waals surface area contributed by atoms with Crippen LogP contribution in [0, 0.1) is 27.9 Å². The molecule has 21 heavy (non-hydrogen) atoms. The van der Waals surface area contributed by atoms with Crippen molar-refractivity contribution in [3.8, 4) is 0 Å². The van der Waals surface area contributed by atoms with Gasteiger partial charge in [-0.05, 0) is 54.0 Å². The van der Waals surface area contributed by atoms with E-state index in [-0.39, 0.29) is 23.3 Å². The molecule has 0 amide bonds. The Kier molecular flexibility index (Phi) is 4.56. The Morgan fingerprint density at radius 1 is 1.24 bits per heavy atom. The largest absolute Gasteiger partial charge is 0.294 e. The van der Waals surface area contributed by atoms with E-state index < -0.39 is 4.92 Å². The summed E-state index contributed by atoms with van der Waals surface area (Å²) in [7, 11) is 0. The van der Waals surface area contributed by atoms with E-state index in [2.05, 4.69) is 20.8 Å². The summed E-state index contributed by atoms with van der Waals surface area (Å²) in [5, 5.41) is 10.7. The number of carbonyl (C=O) groups is 1. The number of nitrogens with zero attached hydrogens (tertiary/aromatic N) is 1. The van der Waals surface area contributed by atoms with Gasteiger partial charge in [0.25, 0.3) is 5.69 Å². The molecule has 0 N–H and O–H groups in total. The summed E-state index contributed by atoms with van der Waals surface area (Å²) in [5.41, 5.74) is 1.77. The van der Waals surface area contributed by atoms with E-state index in [9.17, 15) is 14.9 Å². The summed E-state index contributed by atoms with van der Waals surface area (Å²) in [6, 6.07) is 6.35. The molecule has 2 rings (SSSR count). The fourth-order valence-electron chi connectivity index (χ4n) is 2.89. The molecule has 0 heterocycles. The van der Waals surface area contributed by atoms with Crippen molar-refractivity contribution in [1.82, 2.24) is 0 Å². The molecular weight excluding hydrogens is 266 g/mol. The van der Waals surface area contributed by atoms with Crippen molar-refractivity contribution < 1.29 is 9.72 Å². The van der Waals surface area contributed by atoms with Gasteiger partial charge >= 0.3 is 0 Å². The lowest BCUT2D eigenvalue weighted by Gasteiger charge is -2.30. The van der Waals surface area contributed by atoms with Gasteiger partial charge < -0.3 is 0 Å². The minimum absolute atomic E-state index is 0.0697. The predicted molar refractivity (Wildman–Crippen MR) is 82.8 cm³/mol. The number of carbonyl (C=O) groups excluding carboxylic acids is 1. The second-order valence-corrected chi connectivity index (χ2v) is 6.14. The van der Waals surface area contributed by atoms with E-state index in [1.54, 1.807) is 12.1 Å². The number of nitro groups is 1. The second kappa shape index (κ2) is 6.20. The summed E-state index contributed by atoms with van der Waals surface area (Å²) < 4.78 is 0. The average molecular weight is 287 g/mol. The molecule has 2 atom stereocenters. The van der Waals surface area contributed by atoms with Crippen LogP contribution in [0.25, 0.3) is 6.08 Å². The normalized spacial score (nSPS) is 24.6. The van der Waals surface area contributed by atoms with Gasteiger partial charge in [0.2, 0.25) is 0 Å². The van der Waals surface area contributed by atoms with Crippen LogP contribution >= 0.6 is 0 Å². The van der Waals surface area contributed by atoms with Crippen molar-refractivity contribution in [2.75, 3.05) is 0 Å². The van der Waals surface area contributed by atoms with Crippen LogP contribution in [-0.2, 0) is 4.79 Å². The molecule has 4 nitrogen and oxygen atoms in total. The third-order valence-electron chi connectivity index (χ3n) is 4.29. The van der Waals surface area contributed by atoms with Crippen molar-refractivity contribution in [3.63, 3.8) is 0 Å². The zero-order chi connectivity index (χ0) is 15.6. The molecule has 1 fully saturated rings. The first-order valence-corrected chi connectivity index (χ1v) is 7.40. The van der Waals surface area contributed by atoms with Crippen molar-refractivity contribution in [3.05, 3.63) is 45.5 Å². The smallest absolute Gasteiger partial charge is 0.269 e. The van der Waals surface area contributed by atoms with Crippen molar-refractivity contribution in [2.45, 2.75) is 33.6 Å². The highest BCUT2D eigenvalue weighted by molar-refractivity contribution is 6.02. The highest BCUT2D eigenvalue weighted by Gasteiger charge is 2.32. The topological polar surface area (TPSA) is 60.2 Å². The van der Waals surface area contributed by atoms with Crippen LogP contribution in [0.1, 0.15) is 39.2 Å². The number of allylic oxidation sites excluding steroid dienone is 1. The maximum Gasteiger partial charge on any atom is 0.269 e. The number of non-ortho nitro benzene ring substituents is 1. The highest BCUT2D eigenvalue weighted by atomic mass is 16.6. The predicted octanol–water partition coefficient (Wildman–Crippen LogP) is 4.25. The van der Waals surface area contributed by atoms with Gasteiger partial charge in [0.05, 0.1) is 4.92 Å². The molecule has 0 bridgehead atoms. The lowest BCUT2D eigenvalue weighted by Crippen LogP contribution is -2.30. The summed E-state index contributed by atoms with van der Waals surface area (Å²) in [4.78, 5) is 22.8. The minimum atomic E-state index is -0.417. The van der Waals surface area contributed by atoms with E-state index in [1.165, 1.54) is 12.1 Å². The molecule has 1 aliphatic rings. The molecule has 0 aliphatic heterocycles. The number of hydrogen-bond donors (Lipinski definition) is 0. The van der Waals surface area contributed by atoms with Gasteiger partial charge in [0.1, 0.15) is 0 Å². The molecule has 1 aromatic carbocycles. The SMILES string of the molecule is CC(C)[C@H]1CC[C@@H](C)/C(=C\c2ccc([N+](=O)[O-])cc2)C1=O. The van der Waals surface area contributed by atoms with Crippen LogP contribution in [0.15, 0.2) is 29.8 Å². The Balaban J connectivity index is 2.28. The van der Waals surface area contributed by atoms with Gasteiger partial charge in [0.15, 0.2) is 5.78 Å². The third-order valence-corrected chi connectivity index (χ3v) is 4.29. The number of benzene rings is 1. The molecule has 0 saturated heterocycles. The number of ketones is 1. The number of Topliss-reactive ketones (excluding diaryl/α,β-unsaturated/α-hetero) is 1. The molecular formula is C17H21NO3. The molecule has 0 radical (unpaired) electrons. The number of rotatable bonds is 3. The monoisotopic (exact) mass is 287 g/mol. The van der Waals surface area contributed by atoms with Crippen LogP contribution in [0.5, 0.6) is 0 Å². The van der Waals surface area contributed by atoms with Gasteiger partial charge in [-0.1, -0.05) is 20.8 Å². The quantitative estimate of drug-likeness (QED) is 0.474. The third kappa shape index (κ3) is 3.38. The van der Waals surface area contributed by atoms with Crippen LogP contribution in [-0.4, -0.2) is 10.7 Å². The van der Waals surface area contributed by atoms with Gasteiger partial charge in [0, 0.05) is 18.1 Å². The van der Waals surface area contributed by atoms with Crippen molar-refractivity contribution in [1.29, 1.82) is 0 Å². The zero-order valence-corrected chi connectivity index (χ0v) is 12.7. The van der Waals surface area contributed by atoms with Crippen LogP contribution < -0.4 is 0 Å². The lowest BCUT2D eigenvalue weighted by molar-refractivity contribution is -0.384. The molecule has 1 saturated carbocycles. The Labute approximate surface area is 125 Å². The zero-order valence-electron chi connectivity index (χ0n) is 12.7. The van der Waals surface area contributed by atoms with E-state index in [4.69, 9.17) is 0 Å². The van der Waals surface area contributed by atoms with Crippen molar-refractivity contribution in [2.24, 2.45) is 17.8 Å². The molecule has 4 heteroatoms. The van der Waals surface area contributed by atoms with Gasteiger partial charge in [-0.15, -0.1) is 0 Å². The average Bonchev–Trinajstić information content (AvgIpc) is 2.43.